The molecule has 3 heterocycles. The van der Waals surface area contributed by atoms with Gasteiger partial charge in [0, 0.05) is 12.4 Å². The zero-order chi connectivity index (χ0) is 20.1. The molecule has 0 N–H and O–H groups in total. The minimum Gasteiger partial charge on any atom is -0.442 e. The summed E-state index contributed by atoms with van der Waals surface area (Å²) in [7, 11) is 1.96. The zero-order valence-electron chi connectivity index (χ0n) is 16.2. The van der Waals surface area contributed by atoms with E-state index in [0.29, 0.717) is 6.42 Å². The Morgan fingerprint density at radius 3 is 2.82 bits per heavy atom. The molecule has 3 aromatic heterocycles. The van der Waals surface area contributed by atoms with Crippen molar-refractivity contribution in [3.05, 3.63) is 39.7 Å². The van der Waals surface area contributed by atoms with Crippen molar-refractivity contribution in [2.75, 3.05) is 0 Å². The number of hydrogen-bond donors (Lipinski definition) is 0. The summed E-state index contributed by atoms with van der Waals surface area (Å²) in [5, 5.41) is 8.59. The summed E-state index contributed by atoms with van der Waals surface area (Å²) in [6.45, 7) is 5.50. The molecular weight excluding hydrogens is 374 g/mol. The van der Waals surface area contributed by atoms with Gasteiger partial charge in [0.2, 0.25) is 0 Å². The molecule has 0 saturated carbocycles. The highest BCUT2D eigenvalue weighted by atomic mass is 32.1. The maximum absolute atomic E-state index is 12.6. The third-order valence-corrected chi connectivity index (χ3v) is 5.48. The number of carbonyl (C=O) groups is 2. The van der Waals surface area contributed by atoms with Gasteiger partial charge in [-0.2, -0.15) is 9.78 Å². The van der Waals surface area contributed by atoms with Crippen molar-refractivity contribution in [3.8, 4) is 11.4 Å². The Hall–Kier alpha value is -2.93. The summed E-state index contributed by atoms with van der Waals surface area (Å²) in [6.07, 6.45) is 6.82. The largest absolute Gasteiger partial charge is 0.442 e. The minimum absolute atomic E-state index is 0.491. The van der Waals surface area contributed by atoms with Gasteiger partial charge in [-0.3, -0.25) is 4.79 Å². The van der Waals surface area contributed by atoms with Gasteiger partial charge in [-0.1, -0.05) is 12.2 Å². The Morgan fingerprint density at radius 2 is 2.11 bits per heavy atom. The van der Waals surface area contributed by atoms with E-state index in [1.165, 1.54) is 4.68 Å². The lowest BCUT2D eigenvalue weighted by Crippen LogP contribution is -2.27. The first-order chi connectivity index (χ1) is 13.3. The molecule has 0 radical (unpaired) electrons. The van der Waals surface area contributed by atoms with Crippen molar-refractivity contribution >= 4 is 46.1 Å². The first-order valence-corrected chi connectivity index (χ1v) is 9.88. The smallest absolute Gasteiger partial charge is 0.435 e. The first kappa shape index (κ1) is 18.4. The zero-order valence-corrected chi connectivity index (χ0v) is 17.0. The van der Waals surface area contributed by atoms with Crippen LogP contribution in [0.2, 0.25) is 0 Å². The number of fused-ring (bicyclic) bond motifs is 2. The van der Waals surface area contributed by atoms with Gasteiger partial charge in [-0.25, -0.2) is 4.79 Å². The lowest BCUT2D eigenvalue weighted by atomic mass is 10.2. The molecule has 4 rings (SSSR count). The fraction of sp³-hybridized carbons (Fsp3) is 0.286. The Bertz CT molecular complexity index is 1250. The molecule has 0 saturated heterocycles. The molecule has 144 valence electrons. The number of ether oxygens (including phenoxy) is 1. The Kier molecular flexibility index (Phi) is 4.34. The summed E-state index contributed by atoms with van der Waals surface area (Å²) < 4.78 is 9.82. The number of rotatable bonds is 2. The van der Waals surface area contributed by atoms with E-state index in [4.69, 9.17) is 4.74 Å². The fourth-order valence-corrected chi connectivity index (χ4v) is 4.13. The maximum atomic E-state index is 12.6. The highest BCUT2D eigenvalue weighted by Crippen LogP contribution is 2.31. The van der Waals surface area contributed by atoms with Crippen LogP contribution < -0.4 is 10.6 Å². The van der Waals surface area contributed by atoms with Crippen molar-refractivity contribution < 1.29 is 14.3 Å². The molecule has 0 atom stereocenters. The molecule has 0 unspecified atom stereocenters. The van der Waals surface area contributed by atoms with Crippen LogP contribution in [0.15, 0.2) is 29.2 Å². The molecule has 0 fully saturated rings. The third-order valence-electron chi connectivity index (χ3n) is 4.57. The van der Waals surface area contributed by atoms with E-state index < -0.39 is 11.7 Å². The number of thiophene rings is 1. The van der Waals surface area contributed by atoms with Gasteiger partial charge in [0.05, 0.1) is 15.9 Å². The van der Waals surface area contributed by atoms with Gasteiger partial charge < -0.3 is 9.30 Å². The van der Waals surface area contributed by atoms with Gasteiger partial charge in [0.15, 0.2) is 0 Å². The van der Waals surface area contributed by atoms with Crippen LogP contribution in [0.4, 0.5) is 4.79 Å². The molecule has 3 aromatic rings. The number of nitrogens with zero attached hydrogens (tertiary/aromatic N) is 3. The second kappa shape index (κ2) is 6.60. The van der Waals surface area contributed by atoms with Gasteiger partial charge in [-0.05, 0) is 61.6 Å². The molecule has 1 aliphatic rings. The summed E-state index contributed by atoms with van der Waals surface area (Å²) in [6, 6.07) is 3.93. The Morgan fingerprint density at radius 1 is 1.32 bits per heavy atom. The van der Waals surface area contributed by atoms with Gasteiger partial charge >= 0.3 is 6.09 Å². The average Bonchev–Trinajstić information content (AvgIpc) is 3.24. The van der Waals surface area contributed by atoms with Crippen molar-refractivity contribution in [3.63, 3.8) is 0 Å². The van der Waals surface area contributed by atoms with Crippen molar-refractivity contribution in [2.24, 2.45) is 7.05 Å². The molecule has 0 spiro atoms. The summed E-state index contributed by atoms with van der Waals surface area (Å²) in [5.41, 5.74) is 2.54. The Balaban J connectivity index is 1.88. The third kappa shape index (κ3) is 3.11. The highest BCUT2D eigenvalue weighted by Gasteiger charge is 2.24. The summed E-state index contributed by atoms with van der Waals surface area (Å²) in [5.74, 6) is 0. The second-order valence-electron chi connectivity index (χ2n) is 7.74. The van der Waals surface area contributed by atoms with Gasteiger partial charge in [0.1, 0.15) is 17.6 Å². The van der Waals surface area contributed by atoms with E-state index >= 15 is 0 Å². The van der Waals surface area contributed by atoms with Crippen LogP contribution in [0.3, 0.4) is 0 Å². The lowest BCUT2D eigenvalue weighted by Gasteiger charge is -2.19. The van der Waals surface area contributed by atoms with Gasteiger partial charge in [-0.15, -0.1) is 11.3 Å². The monoisotopic (exact) mass is 395 g/mol. The number of carbonyl (C=O) groups excluding carboxylic acids is 2. The van der Waals surface area contributed by atoms with Crippen LogP contribution in [-0.4, -0.2) is 32.3 Å². The first-order valence-electron chi connectivity index (χ1n) is 9.00. The van der Waals surface area contributed by atoms with Crippen LogP contribution in [0.25, 0.3) is 33.8 Å². The standard InChI is InChI=1S/C21H21N3O3S/c1-21(2,3)27-20(26)24-16-9-10-28-19(16)18(22-24)17-11-14-7-5-13(12-25)6-8-15(14)23(17)4/h6-12H,5H2,1-4H3. The van der Waals surface area contributed by atoms with Crippen LogP contribution >= 0.6 is 11.3 Å². The topological polar surface area (TPSA) is 66.1 Å². The molecule has 0 amide bonds. The Labute approximate surface area is 166 Å². The van der Waals surface area contributed by atoms with E-state index in [-0.39, 0.29) is 0 Å². The quantitative estimate of drug-likeness (QED) is 0.626. The predicted octanol–water partition coefficient (Wildman–Crippen LogP) is 2.98. The van der Waals surface area contributed by atoms with E-state index in [1.54, 1.807) is 11.3 Å². The number of aromatic nitrogens is 3. The number of hydrogen-bond acceptors (Lipinski definition) is 5. The van der Waals surface area contributed by atoms with Crippen molar-refractivity contribution in [2.45, 2.75) is 32.8 Å². The molecular formula is C21H21N3O3S. The molecule has 0 aromatic carbocycles. The SMILES string of the molecule is Cn1c(-c2nn(C(=O)OC(C)(C)C)c3ccsc23)cc2c1=CC=C(C=O)CC=2. The average molecular weight is 395 g/mol. The molecule has 1 aliphatic carbocycles. The molecule has 0 bridgehead atoms. The second-order valence-corrected chi connectivity index (χ2v) is 8.66. The van der Waals surface area contributed by atoms with Crippen molar-refractivity contribution in [1.82, 2.24) is 14.3 Å². The number of allylic oxidation sites excluding steroid dienone is 2. The lowest BCUT2D eigenvalue weighted by molar-refractivity contribution is -0.104. The molecule has 6 nitrogen and oxygen atoms in total. The number of aldehydes is 1. The molecule has 28 heavy (non-hydrogen) atoms. The van der Waals surface area contributed by atoms with E-state index in [9.17, 15) is 9.59 Å². The van der Waals surface area contributed by atoms with Gasteiger partial charge in [0.25, 0.3) is 0 Å². The van der Waals surface area contributed by atoms with E-state index in [1.807, 2.05) is 68.1 Å². The highest BCUT2D eigenvalue weighted by molar-refractivity contribution is 7.17. The maximum Gasteiger partial charge on any atom is 0.435 e. The normalized spacial score (nSPS) is 13.9. The predicted molar refractivity (Wildman–Crippen MR) is 111 cm³/mol. The van der Waals surface area contributed by atoms with E-state index in [0.717, 1.165) is 44.0 Å². The van der Waals surface area contributed by atoms with E-state index in [2.05, 4.69) is 5.10 Å². The van der Waals surface area contributed by atoms with Crippen LogP contribution in [0, 0.1) is 0 Å². The fourth-order valence-electron chi connectivity index (χ4n) is 3.27. The van der Waals surface area contributed by atoms with Crippen LogP contribution in [-0.2, 0) is 16.6 Å². The van der Waals surface area contributed by atoms with Crippen LogP contribution in [0.1, 0.15) is 27.2 Å². The summed E-state index contributed by atoms with van der Waals surface area (Å²) in [4.78, 5) is 23.7. The molecule has 0 aliphatic heterocycles. The van der Waals surface area contributed by atoms with Crippen molar-refractivity contribution in [1.29, 1.82) is 0 Å². The molecule has 7 heteroatoms. The van der Waals surface area contributed by atoms with Crippen LogP contribution in [0.5, 0.6) is 0 Å². The summed E-state index contributed by atoms with van der Waals surface area (Å²) >= 11 is 1.54. The minimum atomic E-state index is -0.597.